The standard InChI is InChI=1S/C11H9ClFN3OS/c12-11-16-5-6(18-11)4-15-8-3-1-2-7(13)9(8)10(14)17/h1-3,5,15H,4H2,(H2,14,17). The largest absolute Gasteiger partial charge is 0.379 e. The molecular weight excluding hydrogens is 277 g/mol. The molecule has 0 aliphatic rings. The second-order valence-electron chi connectivity index (χ2n) is 3.46. The van der Waals surface area contributed by atoms with Crippen molar-refractivity contribution in [2.24, 2.45) is 5.73 Å². The number of hydrogen-bond donors (Lipinski definition) is 2. The van der Waals surface area contributed by atoms with Gasteiger partial charge in [-0.1, -0.05) is 17.7 Å². The van der Waals surface area contributed by atoms with Crippen LogP contribution in [0.3, 0.4) is 0 Å². The number of carbonyl (C=O) groups is 1. The Labute approximate surface area is 112 Å². The van der Waals surface area contributed by atoms with Gasteiger partial charge >= 0.3 is 0 Å². The molecule has 3 N–H and O–H groups in total. The number of primary amides is 1. The normalized spacial score (nSPS) is 10.3. The number of carbonyl (C=O) groups excluding carboxylic acids is 1. The first-order valence-electron chi connectivity index (χ1n) is 5.00. The highest BCUT2D eigenvalue weighted by Crippen LogP contribution is 2.22. The van der Waals surface area contributed by atoms with Crippen molar-refractivity contribution in [1.82, 2.24) is 4.98 Å². The number of halogens is 2. The smallest absolute Gasteiger partial charge is 0.253 e. The molecule has 0 atom stereocenters. The molecule has 7 heteroatoms. The fourth-order valence-electron chi connectivity index (χ4n) is 1.47. The number of anilines is 1. The van der Waals surface area contributed by atoms with E-state index in [0.29, 0.717) is 16.7 Å². The van der Waals surface area contributed by atoms with E-state index in [-0.39, 0.29) is 5.56 Å². The van der Waals surface area contributed by atoms with E-state index in [0.717, 1.165) is 4.88 Å². The lowest BCUT2D eigenvalue weighted by atomic mass is 10.1. The molecule has 1 amide bonds. The number of nitrogens with zero attached hydrogens (tertiary/aromatic N) is 1. The lowest BCUT2D eigenvalue weighted by Gasteiger charge is -2.09. The van der Waals surface area contributed by atoms with Crippen LogP contribution in [-0.2, 0) is 6.54 Å². The third-order valence-electron chi connectivity index (χ3n) is 2.24. The van der Waals surface area contributed by atoms with Crippen molar-refractivity contribution in [1.29, 1.82) is 0 Å². The summed E-state index contributed by atoms with van der Waals surface area (Å²) in [6.45, 7) is 0.397. The number of nitrogens with one attached hydrogen (secondary N) is 1. The molecule has 94 valence electrons. The van der Waals surface area contributed by atoms with Gasteiger partial charge in [0, 0.05) is 11.1 Å². The zero-order chi connectivity index (χ0) is 13.1. The molecule has 0 aliphatic carbocycles. The van der Waals surface area contributed by atoms with Gasteiger partial charge in [0.1, 0.15) is 5.82 Å². The molecule has 2 rings (SSSR count). The number of aromatic nitrogens is 1. The van der Waals surface area contributed by atoms with Crippen molar-refractivity contribution in [2.75, 3.05) is 5.32 Å². The molecule has 1 heterocycles. The van der Waals surface area contributed by atoms with Crippen LogP contribution in [0.15, 0.2) is 24.4 Å². The molecule has 1 aromatic carbocycles. The van der Waals surface area contributed by atoms with E-state index >= 15 is 0 Å². The van der Waals surface area contributed by atoms with Crippen molar-refractivity contribution < 1.29 is 9.18 Å². The van der Waals surface area contributed by atoms with E-state index in [1.54, 1.807) is 12.3 Å². The topological polar surface area (TPSA) is 68.0 Å². The van der Waals surface area contributed by atoms with Gasteiger partial charge in [0.2, 0.25) is 0 Å². The zero-order valence-corrected chi connectivity index (χ0v) is 10.7. The molecule has 18 heavy (non-hydrogen) atoms. The lowest BCUT2D eigenvalue weighted by Crippen LogP contribution is -2.16. The lowest BCUT2D eigenvalue weighted by molar-refractivity contribution is 0.0997. The van der Waals surface area contributed by atoms with Gasteiger partial charge in [-0.05, 0) is 12.1 Å². The maximum atomic E-state index is 13.5. The fraction of sp³-hybridized carbons (Fsp3) is 0.0909. The number of hydrogen-bond acceptors (Lipinski definition) is 4. The average molecular weight is 286 g/mol. The number of nitrogens with two attached hydrogens (primary N) is 1. The number of benzene rings is 1. The van der Waals surface area contributed by atoms with E-state index in [9.17, 15) is 9.18 Å². The van der Waals surface area contributed by atoms with Gasteiger partial charge in [-0.3, -0.25) is 4.79 Å². The van der Waals surface area contributed by atoms with Gasteiger partial charge in [0.25, 0.3) is 5.91 Å². The highest BCUT2D eigenvalue weighted by atomic mass is 35.5. The number of thiazole rings is 1. The molecule has 0 saturated heterocycles. The van der Waals surface area contributed by atoms with Crippen molar-refractivity contribution >= 4 is 34.5 Å². The predicted molar refractivity (Wildman–Crippen MR) is 69.4 cm³/mol. The van der Waals surface area contributed by atoms with Crippen LogP contribution in [0.2, 0.25) is 4.47 Å². The highest BCUT2D eigenvalue weighted by Gasteiger charge is 2.13. The summed E-state index contributed by atoms with van der Waals surface area (Å²) in [6.07, 6.45) is 1.61. The second kappa shape index (κ2) is 5.32. The summed E-state index contributed by atoms with van der Waals surface area (Å²) in [5.74, 6) is -1.45. The Morgan fingerprint density at radius 3 is 2.94 bits per heavy atom. The summed E-state index contributed by atoms with van der Waals surface area (Å²) >= 11 is 7.00. The Hall–Kier alpha value is -1.66. The third kappa shape index (κ3) is 2.77. The Morgan fingerprint density at radius 1 is 1.56 bits per heavy atom. The van der Waals surface area contributed by atoms with Crippen LogP contribution in [0, 0.1) is 5.82 Å². The van der Waals surface area contributed by atoms with Crippen LogP contribution in [0.25, 0.3) is 0 Å². The molecular formula is C11H9ClFN3OS. The Bertz CT molecular complexity index is 587. The minimum Gasteiger partial charge on any atom is -0.379 e. The SMILES string of the molecule is NC(=O)c1c(F)cccc1NCc1cnc(Cl)s1. The number of rotatable bonds is 4. The van der Waals surface area contributed by atoms with Gasteiger partial charge in [0.05, 0.1) is 17.8 Å². The Morgan fingerprint density at radius 2 is 2.33 bits per heavy atom. The zero-order valence-electron chi connectivity index (χ0n) is 9.11. The van der Waals surface area contributed by atoms with E-state index in [4.69, 9.17) is 17.3 Å². The van der Waals surface area contributed by atoms with E-state index in [1.807, 2.05) is 0 Å². The molecule has 0 bridgehead atoms. The first-order valence-corrected chi connectivity index (χ1v) is 6.20. The molecule has 0 radical (unpaired) electrons. The molecule has 1 aromatic heterocycles. The van der Waals surface area contributed by atoms with Crippen LogP contribution in [-0.4, -0.2) is 10.9 Å². The second-order valence-corrected chi connectivity index (χ2v) is 5.16. The quantitative estimate of drug-likeness (QED) is 0.907. The van der Waals surface area contributed by atoms with Crippen molar-refractivity contribution in [3.8, 4) is 0 Å². The van der Waals surface area contributed by atoms with E-state index in [2.05, 4.69) is 10.3 Å². The summed E-state index contributed by atoms with van der Waals surface area (Å²) in [5, 5.41) is 2.94. The summed E-state index contributed by atoms with van der Waals surface area (Å²) in [7, 11) is 0. The van der Waals surface area contributed by atoms with Gasteiger partial charge in [0.15, 0.2) is 4.47 Å². The van der Waals surface area contributed by atoms with E-state index in [1.165, 1.54) is 23.5 Å². The summed E-state index contributed by atoms with van der Waals surface area (Å²) in [5.41, 5.74) is 5.35. The molecule has 2 aromatic rings. The number of amides is 1. The molecule has 0 aliphatic heterocycles. The molecule has 0 unspecified atom stereocenters. The van der Waals surface area contributed by atoms with Crippen molar-refractivity contribution in [2.45, 2.75) is 6.54 Å². The van der Waals surface area contributed by atoms with Crippen molar-refractivity contribution in [3.05, 3.63) is 45.1 Å². The molecule has 4 nitrogen and oxygen atoms in total. The van der Waals surface area contributed by atoms with Gasteiger partial charge in [-0.15, -0.1) is 11.3 Å². The monoisotopic (exact) mass is 285 g/mol. The first-order chi connectivity index (χ1) is 8.58. The first kappa shape index (κ1) is 12.8. The maximum absolute atomic E-state index is 13.5. The Balaban J connectivity index is 2.19. The summed E-state index contributed by atoms with van der Waals surface area (Å²) < 4.78 is 13.9. The van der Waals surface area contributed by atoms with Crippen LogP contribution >= 0.6 is 22.9 Å². The van der Waals surface area contributed by atoms with E-state index < -0.39 is 11.7 Å². The summed E-state index contributed by atoms with van der Waals surface area (Å²) in [4.78, 5) is 15.9. The fourth-order valence-corrected chi connectivity index (χ4v) is 2.39. The minimum atomic E-state index is -0.807. The third-order valence-corrected chi connectivity index (χ3v) is 3.35. The molecule has 0 saturated carbocycles. The van der Waals surface area contributed by atoms with Gasteiger partial charge in [-0.2, -0.15) is 0 Å². The molecule has 0 spiro atoms. The van der Waals surface area contributed by atoms with Crippen molar-refractivity contribution in [3.63, 3.8) is 0 Å². The minimum absolute atomic E-state index is 0.145. The maximum Gasteiger partial charge on any atom is 0.253 e. The average Bonchev–Trinajstić information content (AvgIpc) is 2.72. The van der Waals surface area contributed by atoms with Crippen LogP contribution in [0.1, 0.15) is 15.2 Å². The van der Waals surface area contributed by atoms with Crippen LogP contribution < -0.4 is 11.1 Å². The van der Waals surface area contributed by atoms with Crippen LogP contribution in [0.4, 0.5) is 10.1 Å². The summed E-state index contributed by atoms with van der Waals surface area (Å²) in [6, 6.07) is 4.28. The van der Waals surface area contributed by atoms with Crippen LogP contribution in [0.5, 0.6) is 0 Å². The molecule has 0 fully saturated rings. The van der Waals surface area contributed by atoms with Gasteiger partial charge < -0.3 is 11.1 Å². The highest BCUT2D eigenvalue weighted by molar-refractivity contribution is 7.15. The predicted octanol–water partition coefficient (Wildman–Crippen LogP) is 2.65. The Kier molecular flexibility index (Phi) is 3.78. The van der Waals surface area contributed by atoms with Gasteiger partial charge in [-0.25, -0.2) is 9.37 Å².